The molecule has 1 aromatic heterocycles. The lowest BCUT2D eigenvalue weighted by molar-refractivity contribution is -0.176. The average Bonchev–Trinajstić information content (AvgIpc) is 2.95. The molecule has 7 heteroatoms. The normalized spacial score (nSPS) is 10.8. The molecule has 0 unspecified atom stereocenters. The van der Waals surface area contributed by atoms with Crippen LogP contribution in [-0.2, 0) is 34.0 Å². The van der Waals surface area contributed by atoms with Gasteiger partial charge in [0.15, 0.2) is 0 Å². The van der Waals surface area contributed by atoms with Gasteiger partial charge in [0.05, 0.1) is 26.1 Å². The maximum Gasteiger partial charge on any atom is 0.343 e. The summed E-state index contributed by atoms with van der Waals surface area (Å²) in [5, 5.41) is 0. The highest BCUT2D eigenvalue weighted by Gasteiger charge is 2.61. The molecule has 0 saturated heterocycles. The third-order valence-corrected chi connectivity index (χ3v) is 2.64. The zero-order valence-corrected chi connectivity index (χ0v) is 12.2. The van der Waals surface area contributed by atoms with E-state index < -0.39 is 23.3 Å². The molecule has 0 bridgehead atoms. The average molecular weight is 298 g/mol. The van der Waals surface area contributed by atoms with E-state index in [1.807, 2.05) is 0 Å². The molecule has 1 rings (SSSR count). The van der Waals surface area contributed by atoms with Gasteiger partial charge in [0.2, 0.25) is 0 Å². The van der Waals surface area contributed by atoms with Crippen molar-refractivity contribution in [2.75, 3.05) is 19.8 Å². The Morgan fingerprint density at radius 3 is 1.67 bits per heavy atom. The second-order valence-electron chi connectivity index (χ2n) is 3.89. The SMILES string of the molecule is CCOC(=O)C(C(=O)OCC)(C(=O)OCC)c1ccco1. The van der Waals surface area contributed by atoms with E-state index in [1.165, 1.54) is 18.4 Å². The minimum absolute atomic E-state index is 0.0138. The largest absolute Gasteiger partial charge is 0.467 e. The molecular formula is C14H18O7. The van der Waals surface area contributed by atoms with Crippen molar-refractivity contribution < 1.29 is 33.0 Å². The van der Waals surface area contributed by atoms with Gasteiger partial charge in [-0.2, -0.15) is 0 Å². The number of carbonyl (C=O) groups is 3. The van der Waals surface area contributed by atoms with Gasteiger partial charge in [0.25, 0.3) is 0 Å². The summed E-state index contributed by atoms with van der Waals surface area (Å²) in [7, 11) is 0. The zero-order chi connectivity index (χ0) is 15.9. The molecule has 7 nitrogen and oxygen atoms in total. The maximum absolute atomic E-state index is 12.3. The Morgan fingerprint density at radius 1 is 0.952 bits per heavy atom. The standard InChI is InChI=1S/C14H18O7/c1-4-18-11(15)14(12(16)19-5-2,13(17)20-6-3)10-8-7-9-21-10/h7-9H,4-6H2,1-3H3. The van der Waals surface area contributed by atoms with E-state index in [1.54, 1.807) is 20.8 Å². The Kier molecular flexibility index (Phi) is 5.95. The third kappa shape index (κ3) is 3.07. The van der Waals surface area contributed by atoms with Crippen molar-refractivity contribution in [3.63, 3.8) is 0 Å². The van der Waals surface area contributed by atoms with Crippen LogP contribution in [0.25, 0.3) is 0 Å². The predicted molar refractivity (Wildman–Crippen MR) is 70.3 cm³/mol. The predicted octanol–water partition coefficient (Wildman–Crippen LogP) is 1.21. The number of rotatable bonds is 7. The van der Waals surface area contributed by atoms with E-state index in [4.69, 9.17) is 18.6 Å². The van der Waals surface area contributed by atoms with Crippen LogP contribution in [0.15, 0.2) is 22.8 Å². The van der Waals surface area contributed by atoms with Gasteiger partial charge in [0.1, 0.15) is 5.76 Å². The molecule has 0 aliphatic heterocycles. The maximum atomic E-state index is 12.3. The number of ether oxygens (including phenoxy) is 3. The molecule has 0 saturated carbocycles. The minimum atomic E-state index is -2.40. The molecule has 0 spiro atoms. The van der Waals surface area contributed by atoms with Crippen LogP contribution in [0.1, 0.15) is 26.5 Å². The molecule has 0 atom stereocenters. The Morgan fingerprint density at radius 2 is 1.38 bits per heavy atom. The van der Waals surface area contributed by atoms with E-state index in [0.29, 0.717) is 0 Å². The highest BCUT2D eigenvalue weighted by molar-refractivity contribution is 6.23. The molecular weight excluding hydrogens is 280 g/mol. The van der Waals surface area contributed by atoms with E-state index >= 15 is 0 Å². The Hall–Kier alpha value is -2.31. The van der Waals surface area contributed by atoms with Crippen LogP contribution in [0.5, 0.6) is 0 Å². The van der Waals surface area contributed by atoms with Crippen LogP contribution < -0.4 is 0 Å². The minimum Gasteiger partial charge on any atom is -0.467 e. The fraction of sp³-hybridized carbons (Fsp3) is 0.500. The Balaban J connectivity index is 3.43. The molecule has 0 aliphatic carbocycles. The van der Waals surface area contributed by atoms with Gasteiger partial charge in [-0.1, -0.05) is 0 Å². The number of esters is 3. The lowest BCUT2D eigenvalue weighted by atomic mass is 9.85. The van der Waals surface area contributed by atoms with Gasteiger partial charge in [0, 0.05) is 0 Å². The molecule has 1 heterocycles. The Labute approximate surface area is 122 Å². The van der Waals surface area contributed by atoms with E-state index in [-0.39, 0.29) is 25.6 Å². The first-order valence-electron chi connectivity index (χ1n) is 6.61. The first-order chi connectivity index (χ1) is 10.0. The quantitative estimate of drug-likeness (QED) is 0.424. The van der Waals surface area contributed by atoms with Crippen molar-refractivity contribution in [3.8, 4) is 0 Å². The molecule has 0 fully saturated rings. The fourth-order valence-corrected chi connectivity index (χ4v) is 1.76. The van der Waals surface area contributed by atoms with Crippen LogP contribution in [0, 0.1) is 0 Å². The van der Waals surface area contributed by atoms with Crippen molar-refractivity contribution in [2.45, 2.75) is 26.2 Å². The van der Waals surface area contributed by atoms with Gasteiger partial charge in [-0.15, -0.1) is 0 Å². The van der Waals surface area contributed by atoms with Gasteiger partial charge >= 0.3 is 23.3 Å². The van der Waals surface area contributed by atoms with Crippen molar-refractivity contribution in [2.24, 2.45) is 0 Å². The van der Waals surface area contributed by atoms with Gasteiger partial charge in [-0.05, 0) is 32.9 Å². The summed E-state index contributed by atoms with van der Waals surface area (Å²) in [6.07, 6.45) is 1.24. The summed E-state index contributed by atoms with van der Waals surface area (Å²) in [6, 6.07) is 2.77. The number of hydrogen-bond donors (Lipinski definition) is 0. The van der Waals surface area contributed by atoms with Gasteiger partial charge < -0.3 is 18.6 Å². The summed E-state index contributed by atoms with van der Waals surface area (Å²) in [4.78, 5) is 36.9. The van der Waals surface area contributed by atoms with Crippen LogP contribution in [0.2, 0.25) is 0 Å². The van der Waals surface area contributed by atoms with Crippen molar-refractivity contribution >= 4 is 17.9 Å². The van der Waals surface area contributed by atoms with Crippen LogP contribution in [0.3, 0.4) is 0 Å². The highest BCUT2D eigenvalue weighted by Crippen LogP contribution is 2.30. The summed E-state index contributed by atoms with van der Waals surface area (Å²) >= 11 is 0. The van der Waals surface area contributed by atoms with Crippen molar-refractivity contribution in [1.82, 2.24) is 0 Å². The zero-order valence-electron chi connectivity index (χ0n) is 12.2. The highest BCUT2D eigenvalue weighted by atomic mass is 16.6. The molecule has 1 aromatic rings. The second-order valence-corrected chi connectivity index (χ2v) is 3.89. The lowest BCUT2D eigenvalue weighted by Gasteiger charge is -2.24. The van der Waals surface area contributed by atoms with Crippen molar-refractivity contribution in [3.05, 3.63) is 24.2 Å². The van der Waals surface area contributed by atoms with Crippen molar-refractivity contribution in [1.29, 1.82) is 0 Å². The molecule has 0 aliphatic rings. The molecule has 0 radical (unpaired) electrons. The molecule has 0 aromatic carbocycles. The summed E-state index contributed by atoms with van der Waals surface area (Å²) in [6.45, 7) is 4.63. The molecule has 116 valence electrons. The van der Waals surface area contributed by atoms with Crippen LogP contribution in [0.4, 0.5) is 0 Å². The Bertz CT molecular complexity index is 444. The summed E-state index contributed by atoms with van der Waals surface area (Å²) in [5.74, 6) is -3.46. The van der Waals surface area contributed by atoms with Crippen LogP contribution in [-0.4, -0.2) is 37.7 Å². The molecule has 0 N–H and O–H groups in total. The number of hydrogen-bond acceptors (Lipinski definition) is 7. The molecule has 21 heavy (non-hydrogen) atoms. The number of furan rings is 1. The first-order valence-corrected chi connectivity index (χ1v) is 6.61. The molecule has 0 amide bonds. The first kappa shape index (κ1) is 16.7. The van der Waals surface area contributed by atoms with E-state index in [9.17, 15) is 14.4 Å². The van der Waals surface area contributed by atoms with E-state index in [0.717, 1.165) is 0 Å². The third-order valence-electron chi connectivity index (χ3n) is 2.64. The van der Waals surface area contributed by atoms with Gasteiger partial charge in [-0.25, -0.2) is 14.4 Å². The lowest BCUT2D eigenvalue weighted by Crippen LogP contribution is -2.53. The summed E-state index contributed by atoms with van der Waals surface area (Å²) in [5.41, 5.74) is -2.40. The topological polar surface area (TPSA) is 92.0 Å². The smallest absolute Gasteiger partial charge is 0.343 e. The number of carbonyl (C=O) groups excluding carboxylic acids is 3. The van der Waals surface area contributed by atoms with E-state index in [2.05, 4.69) is 0 Å². The van der Waals surface area contributed by atoms with Crippen LogP contribution >= 0.6 is 0 Å². The second kappa shape index (κ2) is 7.47. The fourth-order valence-electron chi connectivity index (χ4n) is 1.76. The van der Waals surface area contributed by atoms with Gasteiger partial charge in [-0.3, -0.25) is 0 Å². The monoisotopic (exact) mass is 298 g/mol. The summed E-state index contributed by atoms with van der Waals surface area (Å²) < 4.78 is 19.7.